The van der Waals surface area contributed by atoms with Gasteiger partial charge in [0.15, 0.2) is 5.78 Å². The number of dihydropyridines is 1. The van der Waals surface area contributed by atoms with E-state index in [1.54, 1.807) is 0 Å². The third-order valence-electron chi connectivity index (χ3n) is 7.25. The lowest BCUT2D eigenvalue weighted by Gasteiger charge is -2.36. The van der Waals surface area contributed by atoms with Gasteiger partial charge >= 0.3 is 5.97 Å². The van der Waals surface area contributed by atoms with Crippen molar-refractivity contribution in [3.63, 3.8) is 0 Å². The summed E-state index contributed by atoms with van der Waals surface area (Å²) in [7, 11) is 0. The molecule has 182 valence electrons. The molecule has 4 heteroatoms. The Balaban J connectivity index is 1.51. The van der Waals surface area contributed by atoms with E-state index in [2.05, 4.69) is 36.5 Å². The molecule has 1 aliphatic carbocycles. The van der Waals surface area contributed by atoms with Crippen LogP contribution in [0.5, 0.6) is 0 Å². The molecule has 0 amide bonds. The molecular weight excluding hydrogens is 446 g/mol. The fourth-order valence-electron chi connectivity index (χ4n) is 5.35. The Kier molecular flexibility index (Phi) is 6.86. The lowest BCUT2D eigenvalue weighted by Crippen LogP contribution is -2.36. The largest absolute Gasteiger partial charge is 0.457 e. The van der Waals surface area contributed by atoms with Gasteiger partial charge in [0.1, 0.15) is 6.61 Å². The summed E-state index contributed by atoms with van der Waals surface area (Å²) in [6, 6.07) is 28.1. The summed E-state index contributed by atoms with van der Waals surface area (Å²) in [6.07, 6.45) is 2.09. The highest BCUT2D eigenvalue weighted by atomic mass is 16.5. The van der Waals surface area contributed by atoms with E-state index in [-0.39, 0.29) is 18.3 Å². The summed E-state index contributed by atoms with van der Waals surface area (Å²) in [6.45, 7) is 4.21. The molecular formula is C32H31NO3. The fraction of sp³-hybridized carbons (Fsp3) is 0.250. The molecule has 0 bridgehead atoms. The van der Waals surface area contributed by atoms with Gasteiger partial charge in [0.05, 0.1) is 5.57 Å². The lowest BCUT2D eigenvalue weighted by atomic mass is 9.71. The van der Waals surface area contributed by atoms with Crippen LogP contribution in [0.2, 0.25) is 0 Å². The van der Waals surface area contributed by atoms with E-state index in [4.69, 9.17) is 4.74 Å². The number of benzene rings is 3. The second kappa shape index (κ2) is 10.4. The zero-order valence-electron chi connectivity index (χ0n) is 20.8. The van der Waals surface area contributed by atoms with Crippen molar-refractivity contribution in [3.05, 3.63) is 130 Å². The van der Waals surface area contributed by atoms with Crippen LogP contribution in [-0.2, 0) is 27.4 Å². The van der Waals surface area contributed by atoms with Crippen molar-refractivity contribution in [1.82, 2.24) is 5.32 Å². The van der Waals surface area contributed by atoms with Gasteiger partial charge in [-0.25, -0.2) is 4.79 Å². The molecule has 5 rings (SSSR count). The minimum absolute atomic E-state index is 0.0861. The zero-order valence-corrected chi connectivity index (χ0v) is 20.8. The Morgan fingerprint density at radius 1 is 0.861 bits per heavy atom. The number of hydrogen-bond donors (Lipinski definition) is 1. The van der Waals surface area contributed by atoms with Gasteiger partial charge in [0.25, 0.3) is 0 Å². The third-order valence-corrected chi connectivity index (χ3v) is 7.25. The quantitative estimate of drug-likeness (QED) is 0.420. The van der Waals surface area contributed by atoms with Gasteiger partial charge in [-0.2, -0.15) is 0 Å². The molecule has 0 radical (unpaired) electrons. The van der Waals surface area contributed by atoms with Crippen LogP contribution in [0.3, 0.4) is 0 Å². The molecule has 0 spiro atoms. The van der Waals surface area contributed by atoms with Gasteiger partial charge in [-0.1, -0.05) is 91.9 Å². The van der Waals surface area contributed by atoms with Crippen molar-refractivity contribution in [1.29, 1.82) is 0 Å². The van der Waals surface area contributed by atoms with E-state index in [0.29, 0.717) is 17.6 Å². The van der Waals surface area contributed by atoms with Gasteiger partial charge in [-0.05, 0) is 47.9 Å². The Hall–Kier alpha value is -3.92. The second-order valence-electron chi connectivity index (χ2n) is 9.58. The summed E-state index contributed by atoms with van der Waals surface area (Å²) >= 11 is 0. The first-order valence-corrected chi connectivity index (χ1v) is 12.6. The third kappa shape index (κ3) is 4.76. The molecule has 2 aliphatic rings. The Labute approximate surface area is 212 Å². The van der Waals surface area contributed by atoms with E-state index in [0.717, 1.165) is 40.9 Å². The number of rotatable bonds is 6. The number of allylic oxidation sites excluding steroid dienone is 3. The van der Waals surface area contributed by atoms with Crippen LogP contribution in [0, 0.1) is 0 Å². The Bertz CT molecular complexity index is 1320. The minimum Gasteiger partial charge on any atom is -0.457 e. The molecule has 1 aliphatic heterocycles. The highest BCUT2D eigenvalue weighted by Crippen LogP contribution is 2.45. The summed E-state index contributed by atoms with van der Waals surface area (Å²) in [5, 5.41) is 3.44. The van der Waals surface area contributed by atoms with Crippen molar-refractivity contribution in [2.45, 2.75) is 51.6 Å². The number of nitrogens with one attached hydrogen (secondary N) is 1. The van der Waals surface area contributed by atoms with Crippen LogP contribution in [0.25, 0.3) is 0 Å². The number of carbonyl (C=O) groups excluding carboxylic acids is 2. The maximum absolute atomic E-state index is 13.7. The molecule has 1 N–H and O–H groups in total. The van der Waals surface area contributed by atoms with Gasteiger partial charge < -0.3 is 10.1 Å². The second-order valence-corrected chi connectivity index (χ2v) is 9.58. The molecule has 2 unspecified atom stereocenters. The van der Waals surface area contributed by atoms with Gasteiger partial charge in [0, 0.05) is 29.3 Å². The van der Waals surface area contributed by atoms with E-state index in [1.807, 2.05) is 67.6 Å². The van der Waals surface area contributed by atoms with Crippen LogP contribution in [-0.4, -0.2) is 11.8 Å². The van der Waals surface area contributed by atoms with Crippen molar-refractivity contribution in [3.8, 4) is 0 Å². The van der Waals surface area contributed by atoms with E-state index < -0.39 is 11.9 Å². The van der Waals surface area contributed by atoms with E-state index >= 15 is 0 Å². The summed E-state index contributed by atoms with van der Waals surface area (Å²) in [5.74, 6) is -0.631. The predicted octanol–water partition coefficient (Wildman–Crippen LogP) is 6.35. The van der Waals surface area contributed by atoms with Crippen LogP contribution in [0.15, 0.2) is 107 Å². The summed E-state index contributed by atoms with van der Waals surface area (Å²) < 4.78 is 5.77. The van der Waals surface area contributed by atoms with Crippen molar-refractivity contribution in [2.24, 2.45) is 0 Å². The molecule has 4 nitrogen and oxygen atoms in total. The highest BCUT2D eigenvalue weighted by Gasteiger charge is 2.41. The lowest BCUT2D eigenvalue weighted by molar-refractivity contribution is -0.140. The highest BCUT2D eigenvalue weighted by molar-refractivity contribution is 6.04. The summed E-state index contributed by atoms with van der Waals surface area (Å²) in [4.78, 5) is 27.2. The average molecular weight is 478 g/mol. The molecule has 2 atom stereocenters. The van der Waals surface area contributed by atoms with Crippen LogP contribution >= 0.6 is 0 Å². The normalized spacial score (nSPS) is 19.6. The number of ether oxygens (including phenoxy) is 1. The maximum atomic E-state index is 13.7. The number of Topliss-reactive ketones (excluding diaryl/α,β-unsaturated/α-hetero) is 1. The van der Waals surface area contributed by atoms with Crippen LogP contribution in [0.1, 0.15) is 60.8 Å². The first-order chi connectivity index (χ1) is 17.5. The van der Waals surface area contributed by atoms with Crippen LogP contribution < -0.4 is 5.32 Å². The molecule has 36 heavy (non-hydrogen) atoms. The van der Waals surface area contributed by atoms with Gasteiger partial charge in [-0.15, -0.1) is 0 Å². The molecule has 3 aromatic carbocycles. The van der Waals surface area contributed by atoms with Crippen LogP contribution in [0.4, 0.5) is 0 Å². The molecule has 3 aromatic rings. The molecule has 0 saturated heterocycles. The Morgan fingerprint density at radius 2 is 1.53 bits per heavy atom. The molecule has 1 heterocycles. The Morgan fingerprint density at radius 3 is 2.19 bits per heavy atom. The van der Waals surface area contributed by atoms with Gasteiger partial charge in [-0.3, -0.25) is 4.79 Å². The minimum atomic E-state index is -0.445. The number of ketones is 1. The predicted molar refractivity (Wildman–Crippen MR) is 141 cm³/mol. The fourth-order valence-corrected chi connectivity index (χ4v) is 5.35. The van der Waals surface area contributed by atoms with E-state index in [9.17, 15) is 9.59 Å². The molecule has 0 fully saturated rings. The number of esters is 1. The molecule has 0 saturated carbocycles. The first kappa shape index (κ1) is 23.8. The monoisotopic (exact) mass is 477 g/mol. The van der Waals surface area contributed by atoms with Crippen molar-refractivity contribution >= 4 is 11.8 Å². The zero-order chi connectivity index (χ0) is 25.1. The standard InChI is InChI=1S/C32H31NO3/c1-3-22-14-16-25(17-15-22)30-29(32(35)36-20-23-10-6-4-7-11-23)21(2)33-27-18-26(19-28(34)31(27)30)24-12-8-5-9-13-24/h4-17,26,30,33H,3,18-20H2,1-2H3. The van der Waals surface area contributed by atoms with Gasteiger partial charge in [0.2, 0.25) is 0 Å². The smallest absolute Gasteiger partial charge is 0.337 e. The average Bonchev–Trinajstić information content (AvgIpc) is 2.92. The number of carbonyl (C=O) groups is 2. The number of hydrogen-bond acceptors (Lipinski definition) is 4. The SMILES string of the molecule is CCc1ccc(C2C(C(=O)OCc3ccccc3)=C(C)NC3=C2C(=O)CC(c2ccccc2)C3)cc1. The first-order valence-electron chi connectivity index (χ1n) is 12.6. The number of aryl methyl sites for hydroxylation is 1. The summed E-state index contributed by atoms with van der Waals surface area (Å²) in [5.41, 5.74) is 7.13. The van der Waals surface area contributed by atoms with Crippen molar-refractivity contribution < 1.29 is 14.3 Å². The topological polar surface area (TPSA) is 55.4 Å². The van der Waals surface area contributed by atoms with E-state index in [1.165, 1.54) is 5.56 Å². The molecule has 0 aromatic heterocycles. The van der Waals surface area contributed by atoms with Crippen molar-refractivity contribution in [2.75, 3.05) is 0 Å². The maximum Gasteiger partial charge on any atom is 0.337 e.